The maximum Gasteiger partial charge on any atom is 0.361 e. The molecular formula is C5H6N2OS. The second kappa shape index (κ2) is 2.68. The van der Waals surface area contributed by atoms with Crippen LogP contribution < -0.4 is 4.73 Å². The van der Waals surface area contributed by atoms with Gasteiger partial charge >= 0.3 is 5.16 Å². The highest BCUT2D eigenvalue weighted by Crippen LogP contribution is 2.01. The van der Waals surface area contributed by atoms with E-state index >= 15 is 0 Å². The van der Waals surface area contributed by atoms with Crippen LogP contribution in [0.2, 0.25) is 0 Å². The molecule has 0 fully saturated rings. The number of rotatable bonds is 1. The minimum Gasteiger partial charge on any atom is -0.710 e. The molecule has 0 aliphatic heterocycles. The van der Waals surface area contributed by atoms with Crippen LogP contribution in [0.5, 0.6) is 0 Å². The van der Waals surface area contributed by atoms with Gasteiger partial charge in [0, 0.05) is 6.07 Å². The van der Waals surface area contributed by atoms with E-state index in [1.54, 1.807) is 12.3 Å². The Morgan fingerprint density at radius 2 is 2.56 bits per heavy atom. The van der Waals surface area contributed by atoms with E-state index in [-0.39, 0.29) is 0 Å². The van der Waals surface area contributed by atoms with E-state index in [1.807, 2.05) is 6.26 Å². The van der Waals surface area contributed by atoms with Gasteiger partial charge < -0.3 is 5.21 Å². The van der Waals surface area contributed by atoms with Crippen LogP contribution in [0.15, 0.2) is 23.6 Å². The zero-order chi connectivity index (χ0) is 6.69. The average Bonchev–Trinajstić information content (AvgIpc) is 1.89. The van der Waals surface area contributed by atoms with Crippen molar-refractivity contribution in [1.29, 1.82) is 0 Å². The molecule has 0 radical (unpaired) electrons. The van der Waals surface area contributed by atoms with Crippen molar-refractivity contribution in [2.75, 3.05) is 6.26 Å². The molecule has 0 bridgehead atoms. The minimum absolute atomic E-state index is 0.484. The van der Waals surface area contributed by atoms with Gasteiger partial charge in [-0.25, -0.2) is 4.73 Å². The lowest BCUT2D eigenvalue weighted by molar-refractivity contribution is -0.650. The van der Waals surface area contributed by atoms with Crippen molar-refractivity contribution in [2.45, 2.75) is 5.16 Å². The molecule has 0 saturated carbocycles. The number of nitrogens with zero attached hydrogens (tertiary/aromatic N) is 2. The predicted octanol–water partition coefficient (Wildman–Crippen LogP) is 0.437. The van der Waals surface area contributed by atoms with Gasteiger partial charge in [-0.05, 0) is 23.0 Å². The summed E-state index contributed by atoms with van der Waals surface area (Å²) in [5.74, 6) is 0. The Labute approximate surface area is 57.3 Å². The Morgan fingerprint density at radius 3 is 3.00 bits per heavy atom. The van der Waals surface area contributed by atoms with E-state index in [9.17, 15) is 5.21 Å². The summed E-state index contributed by atoms with van der Waals surface area (Å²) < 4.78 is 0.741. The predicted molar refractivity (Wildman–Crippen MR) is 35.0 cm³/mol. The van der Waals surface area contributed by atoms with Crippen molar-refractivity contribution >= 4 is 11.8 Å². The molecular weight excluding hydrogens is 136 g/mol. The van der Waals surface area contributed by atoms with Gasteiger partial charge in [-0.2, -0.15) is 0 Å². The molecule has 0 aliphatic rings. The van der Waals surface area contributed by atoms with Gasteiger partial charge in [-0.15, -0.1) is 0 Å². The highest BCUT2D eigenvalue weighted by molar-refractivity contribution is 7.98. The number of hydrogen-bond donors (Lipinski definition) is 0. The summed E-state index contributed by atoms with van der Waals surface area (Å²) in [6, 6.07) is 1.60. The summed E-state index contributed by atoms with van der Waals surface area (Å²) in [4.78, 5) is 3.81. The average molecular weight is 142 g/mol. The van der Waals surface area contributed by atoms with Gasteiger partial charge in [0.05, 0.1) is 6.20 Å². The number of aromatic nitrogens is 2. The molecule has 1 heterocycles. The Bertz CT molecular complexity index is 204. The first-order chi connectivity index (χ1) is 4.34. The summed E-state index contributed by atoms with van der Waals surface area (Å²) in [6.07, 6.45) is 4.84. The first-order valence-electron chi connectivity index (χ1n) is 2.43. The fourth-order valence-corrected chi connectivity index (χ4v) is 0.894. The molecule has 0 atom stereocenters. The lowest BCUT2D eigenvalue weighted by Crippen LogP contribution is -2.28. The van der Waals surface area contributed by atoms with Crippen molar-refractivity contribution in [2.24, 2.45) is 0 Å². The first-order valence-corrected chi connectivity index (χ1v) is 3.65. The Hall–Kier alpha value is -0.770. The standard InChI is InChI=1S/C5H6N2OS/c1-9-5-6-3-2-4-7(5)8/h2-4H,1H3. The van der Waals surface area contributed by atoms with Gasteiger partial charge in [0.2, 0.25) is 0 Å². The van der Waals surface area contributed by atoms with E-state index in [0.717, 1.165) is 4.73 Å². The molecule has 0 amide bonds. The van der Waals surface area contributed by atoms with Crippen LogP contribution in [0.25, 0.3) is 0 Å². The van der Waals surface area contributed by atoms with Crippen LogP contribution in [-0.2, 0) is 0 Å². The number of thioether (sulfide) groups is 1. The van der Waals surface area contributed by atoms with Gasteiger partial charge in [-0.3, -0.25) is 0 Å². The second-order valence-electron chi connectivity index (χ2n) is 1.43. The maximum absolute atomic E-state index is 10.7. The molecule has 0 N–H and O–H groups in total. The zero-order valence-corrected chi connectivity index (χ0v) is 5.76. The first kappa shape index (κ1) is 6.35. The lowest BCUT2D eigenvalue weighted by Gasteiger charge is -1.99. The monoisotopic (exact) mass is 142 g/mol. The molecule has 0 unspecified atom stereocenters. The molecule has 48 valence electrons. The van der Waals surface area contributed by atoms with Crippen LogP contribution >= 0.6 is 11.8 Å². The van der Waals surface area contributed by atoms with E-state index < -0.39 is 0 Å². The van der Waals surface area contributed by atoms with Crippen molar-refractivity contribution in [1.82, 2.24) is 4.98 Å². The molecule has 3 nitrogen and oxygen atoms in total. The van der Waals surface area contributed by atoms with E-state index in [4.69, 9.17) is 0 Å². The van der Waals surface area contributed by atoms with Crippen LogP contribution in [0, 0.1) is 5.21 Å². The van der Waals surface area contributed by atoms with Crippen LogP contribution in [0.3, 0.4) is 0 Å². The van der Waals surface area contributed by atoms with Crippen molar-refractivity contribution in [3.63, 3.8) is 0 Å². The van der Waals surface area contributed by atoms with E-state index in [0.29, 0.717) is 5.16 Å². The molecule has 0 saturated heterocycles. The third-order valence-electron chi connectivity index (χ3n) is 0.864. The molecule has 0 aromatic carbocycles. The highest BCUT2D eigenvalue weighted by atomic mass is 32.2. The van der Waals surface area contributed by atoms with Crippen molar-refractivity contribution in [3.8, 4) is 0 Å². The fraction of sp³-hybridized carbons (Fsp3) is 0.200. The van der Waals surface area contributed by atoms with Crippen LogP contribution in [0.1, 0.15) is 0 Å². The molecule has 1 rings (SSSR count). The third kappa shape index (κ3) is 1.32. The third-order valence-corrected chi connectivity index (χ3v) is 1.51. The SMILES string of the molecule is CSc1nccc[n+]1[O-]. The molecule has 0 aliphatic carbocycles. The largest absolute Gasteiger partial charge is 0.710 e. The molecule has 9 heavy (non-hydrogen) atoms. The normalized spacial score (nSPS) is 9.44. The quantitative estimate of drug-likeness (QED) is 0.247. The molecule has 0 spiro atoms. The minimum atomic E-state index is 0.484. The zero-order valence-electron chi connectivity index (χ0n) is 4.94. The maximum atomic E-state index is 10.7. The van der Waals surface area contributed by atoms with Crippen molar-refractivity contribution < 1.29 is 4.73 Å². The summed E-state index contributed by atoms with van der Waals surface area (Å²) in [5.41, 5.74) is 0. The van der Waals surface area contributed by atoms with Gasteiger partial charge in [-0.1, -0.05) is 0 Å². The topological polar surface area (TPSA) is 39.8 Å². The molecule has 1 aromatic heterocycles. The van der Waals surface area contributed by atoms with Gasteiger partial charge in [0.1, 0.15) is 6.20 Å². The smallest absolute Gasteiger partial charge is 0.361 e. The number of hydrogen-bond acceptors (Lipinski definition) is 3. The summed E-state index contributed by atoms with van der Waals surface area (Å²) in [7, 11) is 0. The second-order valence-corrected chi connectivity index (χ2v) is 2.21. The summed E-state index contributed by atoms with van der Waals surface area (Å²) >= 11 is 1.33. The Balaban J connectivity index is 3.01. The van der Waals surface area contributed by atoms with Crippen LogP contribution in [0.4, 0.5) is 0 Å². The Kier molecular flexibility index (Phi) is 1.89. The summed E-state index contributed by atoms with van der Waals surface area (Å²) in [6.45, 7) is 0. The van der Waals surface area contributed by atoms with Gasteiger partial charge in [0.15, 0.2) is 0 Å². The Morgan fingerprint density at radius 1 is 1.78 bits per heavy atom. The molecule has 1 aromatic rings. The van der Waals surface area contributed by atoms with E-state index in [2.05, 4.69) is 4.98 Å². The van der Waals surface area contributed by atoms with Gasteiger partial charge in [0.25, 0.3) is 0 Å². The molecule has 4 heteroatoms. The highest BCUT2D eigenvalue weighted by Gasteiger charge is 1.99. The van der Waals surface area contributed by atoms with E-state index in [1.165, 1.54) is 18.0 Å². The summed E-state index contributed by atoms with van der Waals surface area (Å²) in [5, 5.41) is 11.2. The van der Waals surface area contributed by atoms with Crippen LogP contribution in [-0.4, -0.2) is 11.2 Å². The fourth-order valence-electron chi connectivity index (χ4n) is 0.487. The van der Waals surface area contributed by atoms with Crippen molar-refractivity contribution in [3.05, 3.63) is 23.7 Å². The lowest BCUT2D eigenvalue weighted by atomic mass is 10.7.